The van der Waals surface area contributed by atoms with Crippen LogP contribution in [0.2, 0.25) is 0 Å². The molecule has 0 spiro atoms. The maximum atomic E-state index is 13.8. The van der Waals surface area contributed by atoms with Crippen LogP contribution < -0.4 is 0 Å². The number of likely N-dealkylation sites (tertiary alicyclic amines) is 1. The minimum Gasteiger partial charge on any atom is -0.447 e. The molecule has 1 amide bonds. The molecular weight excluding hydrogens is 325 g/mol. The lowest BCUT2D eigenvalue weighted by Crippen LogP contribution is -2.40. The first-order valence-corrected chi connectivity index (χ1v) is 8.66. The smallest absolute Gasteiger partial charge is 0.375 e. The molecule has 1 aliphatic heterocycles. The van der Waals surface area contributed by atoms with E-state index in [0.29, 0.717) is 24.0 Å². The topological polar surface area (TPSA) is 59.8 Å². The van der Waals surface area contributed by atoms with E-state index < -0.39 is 17.9 Å². The monoisotopic (exact) mass is 347 g/mol. The van der Waals surface area contributed by atoms with Gasteiger partial charge in [0.15, 0.2) is 17.5 Å². The fourth-order valence-electron chi connectivity index (χ4n) is 3.22. The molecule has 0 bridgehead atoms. The fourth-order valence-corrected chi connectivity index (χ4v) is 3.22. The van der Waals surface area contributed by atoms with E-state index in [0.717, 1.165) is 25.7 Å². The second-order valence-corrected chi connectivity index (χ2v) is 6.46. The minimum atomic E-state index is -0.900. The summed E-state index contributed by atoms with van der Waals surface area (Å²) in [5.41, 5.74) is 0.535. The third kappa shape index (κ3) is 3.52. The highest BCUT2D eigenvalue weighted by Gasteiger charge is 2.28. The number of halogens is 1. The molecule has 1 aliphatic rings. The van der Waals surface area contributed by atoms with Gasteiger partial charge in [0.05, 0.1) is 0 Å². The van der Waals surface area contributed by atoms with Gasteiger partial charge in [-0.25, -0.2) is 9.18 Å². The maximum Gasteiger partial charge on any atom is 0.375 e. The van der Waals surface area contributed by atoms with E-state index in [9.17, 15) is 14.0 Å². The zero-order valence-corrected chi connectivity index (χ0v) is 14.5. The highest BCUT2D eigenvalue weighted by molar-refractivity contribution is 5.97. The van der Waals surface area contributed by atoms with Crippen LogP contribution in [-0.4, -0.2) is 36.0 Å². The summed E-state index contributed by atoms with van der Waals surface area (Å²) in [6, 6.07) is 4.51. The van der Waals surface area contributed by atoms with Crippen molar-refractivity contribution in [1.82, 2.24) is 4.90 Å². The van der Waals surface area contributed by atoms with Crippen molar-refractivity contribution in [1.29, 1.82) is 0 Å². The first-order valence-electron chi connectivity index (χ1n) is 8.66. The molecule has 1 aromatic heterocycles. The number of hydrogen-bond acceptors (Lipinski definition) is 4. The van der Waals surface area contributed by atoms with Crippen molar-refractivity contribution in [2.24, 2.45) is 0 Å². The number of carbonyl (C=O) groups excluding carboxylic acids is 2. The highest BCUT2D eigenvalue weighted by Crippen LogP contribution is 2.28. The molecule has 25 heavy (non-hydrogen) atoms. The Labute approximate surface area is 145 Å². The van der Waals surface area contributed by atoms with Crippen molar-refractivity contribution < 1.29 is 23.1 Å². The number of esters is 1. The summed E-state index contributed by atoms with van der Waals surface area (Å²) in [4.78, 5) is 26.6. The Bertz CT molecular complexity index is 790. The second-order valence-electron chi connectivity index (χ2n) is 6.46. The van der Waals surface area contributed by atoms with Crippen LogP contribution in [0.15, 0.2) is 22.6 Å². The second kappa shape index (κ2) is 7.25. The molecule has 0 saturated carbocycles. The number of aryl methyl sites for hydroxylation is 1. The third-order valence-electron chi connectivity index (χ3n) is 4.65. The molecule has 0 aliphatic carbocycles. The standard InChI is InChI=1S/C19H22FNO4/c1-12-14-8-7-9-15(20)17(14)25-16(12)19(23)24-13(2)18(22)21-10-5-3-4-6-11-21/h7-9,13H,3-6,10-11H2,1-2H3/t13-/m1/s1. The predicted molar refractivity (Wildman–Crippen MR) is 90.8 cm³/mol. The van der Waals surface area contributed by atoms with Crippen molar-refractivity contribution in [2.75, 3.05) is 13.1 Å². The Kier molecular flexibility index (Phi) is 5.06. The summed E-state index contributed by atoms with van der Waals surface area (Å²) in [6.07, 6.45) is 3.26. The van der Waals surface area contributed by atoms with Gasteiger partial charge < -0.3 is 14.1 Å². The molecule has 2 aromatic rings. The van der Waals surface area contributed by atoms with Crippen LogP contribution in [0, 0.1) is 12.7 Å². The SMILES string of the molecule is Cc1c(C(=O)O[C@H](C)C(=O)N2CCCCCC2)oc2c(F)cccc12. The van der Waals surface area contributed by atoms with Gasteiger partial charge in [0.2, 0.25) is 5.76 Å². The Morgan fingerprint density at radius 3 is 2.52 bits per heavy atom. The van der Waals surface area contributed by atoms with Crippen LogP contribution in [0.25, 0.3) is 11.0 Å². The molecule has 2 heterocycles. The molecule has 1 fully saturated rings. The van der Waals surface area contributed by atoms with Crippen LogP contribution in [0.4, 0.5) is 4.39 Å². The Hall–Kier alpha value is -2.37. The molecule has 5 nitrogen and oxygen atoms in total. The average molecular weight is 347 g/mol. The number of hydrogen-bond donors (Lipinski definition) is 0. The van der Waals surface area contributed by atoms with Gasteiger partial charge in [-0.05, 0) is 32.8 Å². The van der Waals surface area contributed by atoms with Gasteiger partial charge in [0.25, 0.3) is 5.91 Å². The van der Waals surface area contributed by atoms with E-state index in [1.54, 1.807) is 30.9 Å². The quantitative estimate of drug-likeness (QED) is 0.792. The molecule has 1 aromatic carbocycles. The van der Waals surface area contributed by atoms with Gasteiger partial charge in [0.1, 0.15) is 0 Å². The normalized spacial score (nSPS) is 16.5. The van der Waals surface area contributed by atoms with Crippen molar-refractivity contribution in [3.8, 4) is 0 Å². The summed E-state index contributed by atoms with van der Waals surface area (Å²) in [7, 11) is 0. The highest BCUT2D eigenvalue weighted by atomic mass is 19.1. The molecule has 0 unspecified atom stereocenters. The zero-order chi connectivity index (χ0) is 18.0. The third-order valence-corrected chi connectivity index (χ3v) is 4.65. The molecule has 6 heteroatoms. The lowest BCUT2D eigenvalue weighted by Gasteiger charge is -2.23. The minimum absolute atomic E-state index is 0.0263. The van der Waals surface area contributed by atoms with Crippen molar-refractivity contribution in [3.63, 3.8) is 0 Å². The summed E-state index contributed by atoms with van der Waals surface area (Å²) < 4.78 is 24.5. The Balaban J connectivity index is 1.74. The number of benzene rings is 1. The number of furan rings is 1. The van der Waals surface area contributed by atoms with E-state index in [1.165, 1.54) is 6.07 Å². The first kappa shape index (κ1) is 17.5. The summed E-state index contributed by atoms with van der Waals surface area (Å²) in [5.74, 6) is -1.54. The van der Waals surface area contributed by atoms with Gasteiger partial charge >= 0.3 is 5.97 Å². The molecular formula is C19H22FNO4. The average Bonchev–Trinajstić information content (AvgIpc) is 2.77. The number of amides is 1. The van der Waals surface area contributed by atoms with E-state index in [1.807, 2.05) is 0 Å². The number of carbonyl (C=O) groups is 2. The molecule has 1 saturated heterocycles. The van der Waals surface area contributed by atoms with E-state index >= 15 is 0 Å². The van der Waals surface area contributed by atoms with Gasteiger partial charge in [0, 0.05) is 24.0 Å². The van der Waals surface area contributed by atoms with Crippen molar-refractivity contribution >= 4 is 22.8 Å². The first-order chi connectivity index (χ1) is 12.0. The van der Waals surface area contributed by atoms with Crippen LogP contribution in [0.3, 0.4) is 0 Å². The number of rotatable bonds is 3. The molecule has 1 atom stereocenters. The van der Waals surface area contributed by atoms with Gasteiger partial charge in [-0.15, -0.1) is 0 Å². The zero-order valence-electron chi connectivity index (χ0n) is 14.5. The summed E-state index contributed by atoms with van der Waals surface area (Å²) in [5, 5.41) is 0.526. The maximum absolute atomic E-state index is 13.8. The van der Waals surface area contributed by atoms with Gasteiger partial charge in [-0.2, -0.15) is 0 Å². The van der Waals surface area contributed by atoms with E-state index in [2.05, 4.69) is 0 Å². The number of nitrogens with zero attached hydrogens (tertiary/aromatic N) is 1. The Morgan fingerprint density at radius 2 is 1.88 bits per heavy atom. The van der Waals surface area contributed by atoms with Crippen LogP contribution >= 0.6 is 0 Å². The number of fused-ring (bicyclic) bond motifs is 1. The van der Waals surface area contributed by atoms with E-state index in [4.69, 9.17) is 9.15 Å². The summed E-state index contributed by atoms with van der Waals surface area (Å²) in [6.45, 7) is 4.61. The molecule has 3 rings (SSSR count). The fraction of sp³-hybridized carbons (Fsp3) is 0.474. The van der Waals surface area contributed by atoms with Crippen LogP contribution in [0.1, 0.15) is 48.7 Å². The summed E-state index contributed by atoms with van der Waals surface area (Å²) >= 11 is 0. The predicted octanol–water partition coefficient (Wildman–Crippen LogP) is 3.83. The Morgan fingerprint density at radius 1 is 1.20 bits per heavy atom. The van der Waals surface area contributed by atoms with E-state index in [-0.39, 0.29) is 17.3 Å². The lowest BCUT2D eigenvalue weighted by atomic mass is 10.1. The van der Waals surface area contributed by atoms with Crippen LogP contribution in [-0.2, 0) is 9.53 Å². The number of para-hydroxylation sites is 1. The molecule has 134 valence electrons. The lowest BCUT2D eigenvalue weighted by molar-refractivity contribution is -0.139. The van der Waals surface area contributed by atoms with Crippen molar-refractivity contribution in [2.45, 2.75) is 45.6 Å². The van der Waals surface area contributed by atoms with Gasteiger partial charge in [-0.1, -0.05) is 25.0 Å². The van der Waals surface area contributed by atoms with Gasteiger partial charge in [-0.3, -0.25) is 4.79 Å². The molecule has 0 N–H and O–H groups in total. The largest absolute Gasteiger partial charge is 0.447 e. The number of ether oxygens (including phenoxy) is 1. The van der Waals surface area contributed by atoms with Crippen molar-refractivity contribution in [3.05, 3.63) is 35.3 Å². The van der Waals surface area contributed by atoms with Crippen LogP contribution in [0.5, 0.6) is 0 Å². The molecule has 0 radical (unpaired) electrons.